The van der Waals surface area contributed by atoms with E-state index in [0.717, 1.165) is 19.5 Å². The predicted octanol–water partition coefficient (Wildman–Crippen LogP) is 5.66. The summed E-state index contributed by atoms with van der Waals surface area (Å²) in [6.07, 6.45) is 3.17. The van der Waals surface area contributed by atoms with Gasteiger partial charge in [0, 0.05) is 12.6 Å². The summed E-state index contributed by atoms with van der Waals surface area (Å²) < 4.78 is 0. The number of aliphatic hydroxyl groups is 1. The Morgan fingerprint density at radius 3 is 1.93 bits per heavy atom. The molecule has 0 amide bonds. The van der Waals surface area contributed by atoms with Crippen LogP contribution in [0, 0.1) is 0 Å². The maximum Gasteiger partial charge on any atom is 0.0449 e. The first kappa shape index (κ1) is 18.9. The summed E-state index contributed by atoms with van der Waals surface area (Å²) in [4.78, 5) is 2.56. The van der Waals surface area contributed by atoms with Crippen molar-refractivity contribution in [3.8, 4) is 11.1 Å². The quantitative estimate of drug-likeness (QED) is 0.605. The molecule has 3 aromatic carbocycles. The number of benzene rings is 3. The third-order valence-corrected chi connectivity index (χ3v) is 6.05. The van der Waals surface area contributed by atoms with Crippen LogP contribution in [-0.2, 0) is 0 Å². The topological polar surface area (TPSA) is 23.5 Å². The summed E-state index contributed by atoms with van der Waals surface area (Å²) >= 11 is 0. The zero-order valence-electron chi connectivity index (χ0n) is 16.4. The van der Waals surface area contributed by atoms with Gasteiger partial charge in [-0.2, -0.15) is 0 Å². The lowest BCUT2D eigenvalue weighted by molar-refractivity contribution is 0.125. The molecule has 1 unspecified atom stereocenters. The Hall–Kier alpha value is -2.42. The van der Waals surface area contributed by atoms with E-state index in [4.69, 9.17) is 0 Å². The van der Waals surface area contributed by atoms with Gasteiger partial charge in [0.1, 0.15) is 0 Å². The van der Waals surface area contributed by atoms with Crippen LogP contribution in [0.2, 0.25) is 0 Å². The number of hydrogen-bond donors (Lipinski definition) is 1. The molecule has 0 radical (unpaired) electrons. The number of likely N-dealkylation sites (tertiary alicyclic amines) is 1. The Bertz CT molecular complexity index is 837. The Labute approximate surface area is 168 Å². The molecule has 0 bridgehead atoms. The van der Waals surface area contributed by atoms with Gasteiger partial charge >= 0.3 is 0 Å². The minimum absolute atomic E-state index is 0.226. The van der Waals surface area contributed by atoms with Crippen molar-refractivity contribution in [2.75, 3.05) is 19.7 Å². The van der Waals surface area contributed by atoms with Crippen molar-refractivity contribution in [1.82, 2.24) is 4.90 Å². The van der Waals surface area contributed by atoms with Crippen LogP contribution in [0.15, 0.2) is 84.9 Å². The van der Waals surface area contributed by atoms with Gasteiger partial charge in [0.05, 0.1) is 0 Å². The van der Waals surface area contributed by atoms with Gasteiger partial charge in [0.2, 0.25) is 0 Å². The van der Waals surface area contributed by atoms with Crippen LogP contribution < -0.4 is 0 Å². The van der Waals surface area contributed by atoms with Crippen LogP contribution in [0.5, 0.6) is 0 Å². The summed E-state index contributed by atoms with van der Waals surface area (Å²) in [5.74, 6) is 0.660. The molecule has 0 aromatic heterocycles. The molecule has 2 heteroatoms. The second kappa shape index (κ2) is 9.18. The summed E-state index contributed by atoms with van der Waals surface area (Å²) in [6, 6.07) is 30.6. The van der Waals surface area contributed by atoms with Crippen molar-refractivity contribution in [2.24, 2.45) is 0 Å². The number of nitrogens with zero attached hydrogens (tertiary/aromatic N) is 1. The molecule has 0 spiro atoms. The Morgan fingerprint density at radius 1 is 0.750 bits per heavy atom. The molecule has 1 aliphatic rings. The highest BCUT2D eigenvalue weighted by Crippen LogP contribution is 2.34. The minimum atomic E-state index is 0.226. The molecule has 2 nitrogen and oxygen atoms in total. The van der Waals surface area contributed by atoms with Crippen molar-refractivity contribution in [3.05, 3.63) is 96.1 Å². The van der Waals surface area contributed by atoms with Gasteiger partial charge in [0.15, 0.2) is 0 Å². The number of piperidine rings is 1. The van der Waals surface area contributed by atoms with E-state index in [2.05, 4.69) is 83.8 Å². The van der Waals surface area contributed by atoms with E-state index >= 15 is 0 Å². The van der Waals surface area contributed by atoms with E-state index in [1.807, 2.05) is 6.07 Å². The van der Waals surface area contributed by atoms with Crippen molar-refractivity contribution in [1.29, 1.82) is 0 Å². The van der Waals surface area contributed by atoms with E-state index in [9.17, 15) is 5.11 Å². The van der Waals surface area contributed by atoms with Crippen molar-refractivity contribution >= 4 is 0 Å². The highest BCUT2D eigenvalue weighted by Gasteiger charge is 2.26. The molecule has 3 aromatic rings. The molecular formula is C26H29NO. The van der Waals surface area contributed by atoms with E-state index < -0.39 is 0 Å². The first-order chi connectivity index (χ1) is 13.8. The van der Waals surface area contributed by atoms with Gasteiger partial charge in [-0.25, -0.2) is 0 Å². The molecule has 0 aliphatic carbocycles. The van der Waals surface area contributed by atoms with Crippen molar-refractivity contribution in [3.63, 3.8) is 0 Å². The lowest BCUT2D eigenvalue weighted by atomic mass is 9.88. The van der Waals surface area contributed by atoms with Gasteiger partial charge in [-0.1, -0.05) is 84.9 Å². The Kier molecular flexibility index (Phi) is 6.20. The minimum Gasteiger partial charge on any atom is -0.396 e. The number of rotatable bonds is 6. The van der Waals surface area contributed by atoms with Crippen LogP contribution in [0.25, 0.3) is 11.1 Å². The molecule has 144 valence electrons. The molecule has 1 heterocycles. The van der Waals surface area contributed by atoms with Gasteiger partial charge in [0.25, 0.3) is 0 Å². The molecule has 28 heavy (non-hydrogen) atoms. The maximum atomic E-state index is 9.66. The van der Waals surface area contributed by atoms with Gasteiger partial charge in [-0.05, 0) is 60.5 Å². The molecule has 0 saturated carbocycles. The van der Waals surface area contributed by atoms with Crippen molar-refractivity contribution in [2.45, 2.75) is 31.2 Å². The Balaban J connectivity index is 1.46. The van der Waals surface area contributed by atoms with E-state index in [1.54, 1.807) is 0 Å². The first-order valence-electron chi connectivity index (χ1n) is 10.4. The summed E-state index contributed by atoms with van der Waals surface area (Å²) in [6.45, 7) is 2.40. The van der Waals surface area contributed by atoms with Crippen molar-refractivity contribution < 1.29 is 5.11 Å². The molecule has 4 rings (SSSR count). The largest absolute Gasteiger partial charge is 0.396 e. The smallest absolute Gasteiger partial charge is 0.0449 e. The highest BCUT2D eigenvalue weighted by molar-refractivity contribution is 5.63. The average molecular weight is 372 g/mol. The zero-order valence-corrected chi connectivity index (χ0v) is 16.4. The fourth-order valence-electron chi connectivity index (χ4n) is 4.48. The second-order valence-corrected chi connectivity index (χ2v) is 7.74. The monoisotopic (exact) mass is 371 g/mol. The van der Waals surface area contributed by atoms with Crippen LogP contribution in [0.3, 0.4) is 0 Å². The number of aliphatic hydroxyl groups excluding tert-OH is 1. The second-order valence-electron chi connectivity index (χ2n) is 7.74. The maximum absolute atomic E-state index is 9.66. The summed E-state index contributed by atoms with van der Waals surface area (Å²) in [5, 5.41) is 9.66. The van der Waals surface area contributed by atoms with E-state index in [0.29, 0.717) is 12.0 Å². The third-order valence-electron chi connectivity index (χ3n) is 6.05. The zero-order chi connectivity index (χ0) is 19.2. The molecule has 1 N–H and O–H groups in total. The molecule has 1 saturated heterocycles. The lowest BCUT2D eigenvalue weighted by Gasteiger charge is -2.38. The van der Waals surface area contributed by atoms with Gasteiger partial charge in [-0.15, -0.1) is 0 Å². The van der Waals surface area contributed by atoms with Crippen LogP contribution in [-0.4, -0.2) is 29.7 Å². The summed E-state index contributed by atoms with van der Waals surface area (Å²) in [7, 11) is 0. The molecule has 1 fully saturated rings. The first-order valence-corrected chi connectivity index (χ1v) is 10.4. The lowest BCUT2D eigenvalue weighted by Crippen LogP contribution is -2.36. The Morgan fingerprint density at radius 2 is 1.32 bits per heavy atom. The number of hydrogen-bond acceptors (Lipinski definition) is 2. The molecule has 1 atom stereocenters. The van der Waals surface area contributed by atoms with E-state index in [-0.39, 0.29) is 6.61 Å². The normalized spacial score (nSPS) is 16.8. The predicted molar refractivity (Wildman–Crippen MR) is 116 cm³/mol. The van der Waals surface area contributed by atoms with Gasteiger partial charge < -0.3 is 5.11 Å². The van der Waals surface area contributed by atoms with Crippen LogP contribution in [0.4, 0.5) is 0 Å². The van der Waals surface area contributed by atoms with Crippen LogP contribution >= 0.6 is 0 Å². The standard InChI is InChI=1S/C26H29NO/c28-20-17-26(25-13-11-23(12-14-25)21-7-3-1-4-8-21)27-18-15-24(16-19-27)22-9-5-2-6-10-22/h1-14,24,26,28H,15-20H2. The fourth-order valence-corrected chi connectivity index (χ4v) is 4.48. The van der Waals surface area contributed by atoms with E-state index in [1.165, 1.54) is 35.1 Å². The highest BCUT2D eigenvalue weighted by atomic mass is 16.3. The average Bonchev–Trinajstić information content (AvgIpc) is 2.79. The van der Waals surface area contributed by atoms with Gasteiger partial charge in [-0.3, -0.25) is 4.90 Å². The summed E-state index contributed by atoms with van der Waals surface area (Å²) in [5.41, 5.74) is 5.27. The molecular weight excluding hydrogens is 342 g/mol. The fraction of sp³-hybridized carbons (Fsp3) is 0.308. The van der Waals surface area contributed by atoms with Crippen LogP contribution in [0.1, 0.15) is 42.3 Å². The molecule has 1 aliphatic heterocycles. The third kappa shape index (κ3) is 4.35. The SMILES string of the molecule is OCCC(c1ccc(-c2ccccc2)cc1)N1CCC(c2ccccc2)CC1.